The van der Waals surface area contributed by atoms with Crippen molar-refractivity contribution in [1.29, 1.82) is 0 Å². The first-order chi connectivity index (χ1) is 13.2. The molecule has 3 N–H and O–H groups in total. The zero-order valence-corrected chi connectivity index (χ0v) is 15.1. The van der Waals surface area contributed by atoms with E-state index >= 15 is 0 Å². The lowest BCUT2D eigenvalue weighted by atomic mass is 9.98. The lowest BCUT2D eigenvalue weighted by Crippen LogP contribution is -2.27. The molecule has 0 fully saturated rings. The zero-order chi connectivity index (χ0) is 19.5. The fourth-order valence-corrected chi connectivity index (χ4v) is 2.95. The van der Waals surface area contributed by atoms with Crippen molar-refractivity contribution < 1.29 is 19.1 Å². The van der Waals surface area contributed by atoms with E-state index in [-0.39, 0.29) is 5.92 Å². The molecule has 27 heavy (non-hydrogen) atoms. The third kappa shape index (κ3) is 5.49. The highest BCUT2D eigenvalue weighted by Gasteiger charge is 2.28. The van der Waals surface area contributed by atoms with Gasteiger partial charge in [-0.2, -0.15) is 0 Å². The monoisotopic (exact) mass is 368 g/mol. The van der Waals surface area contributed by atoms with Crippen molar-refractivity contribution >= 4 is 18.7 Å². The van der Waals surface area contributed by atoms with Crippen molar-refractivity contribution in [2.45, 2.75) is 18.8 Å². The molecule has 0 bridgehead atoms. The highest BCUT2D eigenvalue weighted by molar-refractivity contribution is 5.79. The summed E-state index contributed by atoms with van der Waals surface area (Å²) in [6.45, 7) is 1.07. The number of carbonyl (C=O) groups excluding carboxylic acids is 3. The summed E-state index contributed by atoms with van der Waals surface area (Å²) in [5, 5.41) is 2.56. The Hall–Kier alpha value is -2.99. The van der Waals surface area contributed by atoms with E-state index in [0.717, 1.165) is 12.6 Å². The van der Waals surface area contributed by atoms with Crippen molar-refractivity contribution in [3.05, 3.63) is 59.7 Å². The molecule has 1 amide bonds. The Morgan fingerprint density at radius 3 is 2.00 bits per heavy atom. The highest BCUT2D eigenvalue weighted by Crippen LogP contribution is 2.44. The van der Waals surface area contributed by atoms with Crippen LogP contribution >= 0.6 is 0 Å². The second-order valence-electron chi connectivity index (χ2n) is 5.95. The molecule has 0 atom stereocenters. The van der Waals surface area contributed by atoms with Gasteiger partial charge in [0.1, 0.15) is 19.2 Å². The summed E-state index contributed by atoms with van der Waals surface area (Å²) in [4.78, 5) is 31.2. The van der Waals surface area contributed by atoms with Gasteiger partial charge in [-0.1, -0.05) is 48.5 Å². The van der Waals surface area contributed by atoms with Crippen LogP contribution in [0.3, 0.4) is 0 Å². The van der Waals surface area contributed by atoms with Crippen molar-refractivity contribution in [3.8, 4) is 11.1 Å². The van der Waals surface area contributed by atoms with Crippen LogP contribution in [0.1, 0.15) is 29.9 Å². The Bertz CT molecular complexity index is 731. The zero-order valence-electron chi connectivity index (χ0n) is 15.1. The average Bonchev–Trinajstić information content (AvgIpc) is 3.02. The van der Waals surface area contributed by atoms with Gasteiger partial charge in [-0.25, -0.2) is 4.79 Å². The lowest BCUT2D eigenvalue weighted by Gasteiger charge is -2.14. The first-order valence-corrected chi connectivity index (χ1v) is 8.89. The van der Waals surface area contributed by atoms with Crippen LogP contribution in [0.4, 0.5) is 4.79 Å². The number of nitrogens with two attached hydrogens (primary N) is 1. The number of aldehydes is 2. The number of hydrogen-bond donors (Lipinski definition) is 2. The summed E-state index contributed by atoms with van der Waals surface area (Å²) >= 11 is 0. The van der Waals surface area contributed by atoms with Gasteiger partial charge in [0.2, 0.25) is 0 Å². The molecule has 1 aliphatic carbocycles. The van der Waals surface area contributed by atoms with E-state index in [2.05, 4.69) is 29.6 Å². The van der Waals surface area contributed by atoms with Gasteiger partial charge in [0, 0.05) is 25.3 Å². The Morgan fingerprint density at radius 2 is 1.52 bits per heavy atom. The lowest BCUT2D eigenvalue weighted by molar-refractivity contribution is -0.108. The molecule has 1 aliphatic rings. The topological polar surface area (TPSA) is 98.5 Å². The third-order valence-electron chi connectivity index (χ3n) is 4.16. The molecule has 6 heteroatoms. The molecule has 0 aromatic heterocycles. The van der Waals surface area contributed by atoms with Gasteiger partial charge in [0.15, 0.2) is 0 Å². The maximum atomic E-state index is 11.6. The Kier molecular flexibility index (Phi) is 8.19. The van der Waals surface area contributed by atoms with Crippen LogP contribution < -0.4 is 11.1 Å². The van der Waals surface area contributed by atoms with Crippen LogP contribution in [0.25, 0.3) is 11.1 Å². The summed E-state index contributed by atoms with van der Waals surface area (Å²) in [6, 6.07) is 16.4. The number of hydrogen-bond acceptors (Lipinski definition) is 5. The van der Waals surface area contributed by atoms with E-state index in [1.54, 1.807) is 0 Å². The summed E-state index contributed by atoms with van der Waals surface area (Å²) < 4.78 is 5.32. The third-order valence-corrected chi connectivity index (χ3v) is 4.16. The summed E-state index contributed by atoms with van der Waals surface area (Å²) in [5.74, 6) is 0.0595. The van der Waals surface area contributed by atoms with Crippen molar-refractivity contribution in [2.75, 3.05) is 19.7 Å². The molecule has 3 rings (SSSR count). The van der Waals surface area contributed by atoms with E-state index < -0.39 is 6.09 Å². The van der Waals surface area contributed by atoms with E-state index in [9.17, 15) is 14.4 Å². The molecule has 0 unspecified atom stereocenters. The SMILES string of the molecule is NCCC=O.O=CCCNC(=O)OCC1c2ccccc2-c2ccccc21. The number of nitrogens with one attached hydrogen (secondary N) is 1. The van der Waals surface area contributed by atoms with Crippen LogP contribution in [-0.4, -0.2) is 38.4 Å². The second kappa shape index (κ2) is 10.9. The molecule has 0 heterocycles. The molecule has 6 nitrogen and oxygen atoms in total. The van der Waals surface area contributed by atoms with Gasteiger partial charge in [-0.3, -0.25) is 0 Å². The predicted molar refractivity (Wildman–Crippen MR) is 103 cm³/mol. The molecule has 2 aromatic rings. The van der Waals surface area contributed by atoms with E-state index in [0.29, 0.717) is 32.5 Å². The van der Waals surface area contributed by atoms with Crippen molar-refractivity contribution in [1.82, 2.24) is 5.32 Å². The number of ether oxygens (including phenoxy) is 1. The molecular weight excluding hydrogens is 344 g/mol. The van der Waals surface area contributed by atoms with E-state index in [1.807, 2.05) is 24.3 Å². The quantitative estimate of drug-likeness (QED) is 0.578. The van der Waals surface area contributed by atoms with Crippen molar-refractivity contribution in [3.63, 3.8) is 0 Å². The standard InChI is InChI=1S/C18H17NO3.C3H7NO/c20-11-5-10-19-18(21)22-12-17-15-8-3-1-6-13(15)14-7-2-4-9-16(14)17;4-2-1-3-5/h1-4,6-9,11,17H,5,10,12H2,(H,19,21);3H,1-2,4H2. The maximum Gasteiger partial charge on any atom is 0.407 e. The smallest absolute Gasteiger partial charge is 0.407 e. The van der Waals surface area contributed by atoms with Crippen LogP contribution in [0.5, 0.6) is 0 Å². The number of carbonyl (C=O) groups is 3. The molecule has 0 saturated heterocycles. The predicted octanol–water partition coefficient (Wildman–Crippen LogP) is 2.65. The summed E-state index contributed by atoms with van der Waals surface area (Å²) in [6.07, 6.45) is 1.87. The average molecular weight is 368 g/mol. The number of amides is 1. The van der Waals surface area contributed by atoms with Gasteiger partial charge in [0.25, 0.3) is 0 Å². The maximum absolute atomic E-state index is 11.6. The first kappa shape index (κ1) is 20.3. The minimum Gasteiger partial charge on any atom is -0.449 e. The Morgan fingerprint density at radius 1 is 0.963 bits per heavy atom. The Balaban J connectivity index is 0.000000465. The van der Waals surface area contributed by atoms with Gasteiger partial charge in [-0.05, 0) is 28.8 Å². The van der Waals surface area contributed by atoms with Crippen LogP contribution in [0.15, 0.2) is 48.5 Å². The van der Waals surface area contributed by atoms with Gasteiger partial charge in [0.05, 0.1) is 0 Å². The van der Waals surface area contributed by atoms with Gasteiger partial charge in [-0.15, -0.1) is 0 Å². The summed E-state index contributed by atoms with van der Waals surface area (Å²) in [7, 11) is 0. The highest BCUT2D eigenvalue weighted by atomic mass is 16.5. The summed E-state index contributed by atoms with van der Waals surface area (Å²) in [5.41, 5.74) is 9.68. The molecule has 2 aromatic carbocycles. The van der Waals surface area contributed by atoms with Crippen LogP contribution in [-0.2, 0) is 14.3 Å². The van der Waals surface area contributed by atoms with E-state index in [1.165, 1.54) is 22.3 Å². The molecule has 0 spiro atoms. The molecular formula is C21H24N2O4. The molecule has 142 valence electrons. The Labute approximate surface area is 158 Å². The molecule has 0 saturated carbocycles. The number of benzene rings is 2. The fraction of sp³-hybridized carbons (Fsp3) is 0.286. The number of fused-ring (bicyclic) bond motifs is 3. The van der Waals surface area contributed by atoms with Crippen LogP contribution in [0.2, 0.25) is 0 Å². The number of alkyl carbamates (subject to hydrolysis) is 1. The van der Waals surface area contributed by atoms with E-state index in [4.69, 9.17) is 10.5 Å². The number of rotatable bonds is 7. The molecule has 0 aliphatic heterocycles. The minimum absolute atomic E-state index is 0.0595. The minimum atomic E-state index is -0.483. The molecule has 0 radical (unpaired) electrons. The normalized spacial score (nSPS) is 11.4. The van der Waals surface area contributed by atoms with Gasteiger partial charge >= 0.3 is 6.09 Å². The van der Waals surface area contributed by atoms with Gasteiger partial charge < -0.3 is 25.4 Å². The first-order valence-electron chi connectivity index (χ1n) is 8.89. The second-order valence-corrected chi connectivity index (χ2v) is 5.95. The van der Waals surface area contributed by atoms with Crippen molar-refractivity contribution in [2.24, 2.45) is 5.73 Å². The fourth-order valence-electron chi connectivity index (χ4n) is 2.95. The van der Waals surface area contributed by atoms with Crippen LogP contribution in [0, 0.1) is 0 Å². The largest absolute Gasteiger partial charge is 0.449 e.